The molecule has 5 heteroatoms. The first kappa shape index (κ1) is 16.8. The number of hydrogen-bond acceptors (Lipinski definition) is 3. The fourth-order valence-electron chi connectivity index (χ4n) is 2.53. The lowest BCUT2D eigenvalue weighted by Gasteiger charge is -2.22. The van der Waals surface area contributed by atoms with E-state index in [2.05, 4.69) is 24.1 Å². The Morgan fingerprint density at radius 2 is 1.91 bits per heavy atom. The number of carbonyl (C=O) groups is 1. The number of aromatic nitrogens is 1. The molecule has 1 aromatic heterocycles. The first-order valence-electron chi connectivity index (χ1n) is 7.80. The zero-order chi connectivity index (χ0) is 17.0. The van der Waals surface area contributed by atoms with Crippen molar-refractivity contribution in [1.29, 1.82) is 0 Å². The lowest BCUT2D eigenvalue weighted by molar-refractivity contribution is 0.102. The third-order valence-corrected chi connectivity index (χ3v) is 3.95. The number of aryl methyl sites for hydroxylation is 2. The van der Waals surface area contributed by atoms with E-state index >= 15 is 0 Å². The van der Waals surface area contributed by atoms with E-state index in [1.165, 1.54) is 10.6 Å². The summed E-state index contributed by atoms with van der Waals surface area (Å²) in [6, 6.07) is 9.14. The van der Waals surface area contributed by atoms with Crippen molar-refractivity contribution >= 4 is 17.3 Å². The molecule has 0 aliphatic carbocycles. The second-order valence-electron chi connectivity index (χ2n) is 5.46. The van der Waals surface area contributed by atoms with Gasteiger partial charge in [0.05, 0.1) is 0 Å². The maximum absolute atomic E-state index is 12.3. The van der Waals surface area contributed by atoms with Crippen LogP contribution in [0, 0.1) is 6.92 Å². The summed E-state index contributed by atoms with van der Waals surface area (Å²) in [6.07, 6.45) is 1.63. The highest BCUT2D eigenvalue weighted by atomic mass is 16.2. The number of amides is 1. The molecule has 1 N–H and O–H groups in total. The highest BCUT2D eigenvalue weighted by Gasteiger charge is 2.13. The topological polar surface area (TPSA) is 54.3 Å². The van der Waals surface area contributed by atoms with E-state index in [1.807, 2.05) is 25.1 Å². The Bertz CT molecular complexity index is 761. The fraction of sp³-hybridized carbons (Fsp3) is 0.333. The van der Waals surface area contributed by atoms with Crippen LogP contribution in [0.4, 0.5) is 11.4 Å². The van der Waals surface area contributed by atoms with Gasteiger partial charge < -0.3 is 14.8 Å². The Labute approximate surface area is 136 Å². The SMILES string of the molecule is CCN(CC)c1ccc(NC(=O)c2cccn(C)c2=O)c(C)c1. The predicted octanol–water partition coefficient (Wildman–Crippen LogP) is 2.79. The number of anilines is 2. The second-order valence-corrected chi connectivity index (χ2v) is 5.46. The highest BCUT2D eigenvalue weighted by Crippen LogP contribution is 2.23. The number of nitrogens with one attached hydrogen (secondary N) is 1. The standard InChI is InChI=1S/C18H23N3O2/c1-5-21(6-2)14-9-10-16(13(3)12-14)19-17(22)15-8-7-11-20(4)18(15)23/h7-12H,5-6H2,1-4H3,(H,19,22). The van der Waals surface area contributed by atoms with Gasteiger partial charge in [0.1, 0.15) is 5.56 Å². The van der Waals surface area contributed by atoms with Gasteiger partial charge in [-0.05, 0) is 56.7 Å². The second kappa shape index (κ2) is 7.13. The summed E-state index contributed by atoms with van der Waals surface area (Å²) in [6.45, 7) is 8.04. The largest absolute Gasteiger partial charge is 0.372 e. The summed E-state index contributed by atoms with van der Waals surface area (Å²) >= 11 is 0. The molecule has 1 aromatic carbocycles. The monoisotopic (exact) mass is 313 g/mol. The molecule has 5 nitrogen and oxygen atoms in total. The minimum atomic E-state index is -0.384. The number of pyridine rings is 1. The van der Waals surface area contributed by atoms with Crippen LogP contribution in [0.1, 0.15) is 29.8 Å². The fourth-order valence-corrected chi connectivity index (χ4v) is 2.53. The summed E-state index contributed by atoms with van der Waals surface area (Å²) in [5, 5.41) is 2.83. The quantitative estimate of drug-likeness (QED) is 0.923. The average molecular weight is 313 g/mol. The molecule has 0 radical (unpaired) electrons. The summed E-state index contributed by atoms with van der Waals surface area (Å²) in [4.78, 5) is 26.6. The molecule has 122 valence electrons. The number of nitrogens with zero attached hydrogens (tertiary/aromatic N) is 2. The van der Waals surface area contributed by atoms with Crippen LogP contribution in [0.25, 0.3) is 0 Å². The molecule has 0 aliphatic heterocycles. The van der Waals surface area contributed by atoms with Crippen molar-refractivity contribution in [2.75, 3.05) is 23.3 Å². The third kappa shape index (κ3) is 3.62. The summed E-state index contributed by atoms with van der Waals surface area (Å²) < 4.78 is 1.39. The van der Waals surface area contributed by atoms with Gasteiger partial charge in [-0.15, -0.1) is 0 Å². The van der Waals surface area contributed by atoms with E-state index in [0.717, 1.165) is 30.0 Å². The predicted molar refractivity (Wildman–Crippen MR) is 94.4 cm³/mol. The number of hydrogen-bond donors (Lipinski definition) is 1. The molecule has 0 aliphatic rings. The number of carbonyl (C=O) groups excluding carboxylic acids is 1. The molecule has 0 bridgehead atoms. The summed E-state index contributed by atoms with van der Waals surface area (Å²) in [5.74, 6) is -0.384. The molecule has 0 saturated heterocycles. The lowest BCUT2D eigenvalue weighted by Crippen LogP contribution is -2.27. The van der Waals surface area contributed by atoms with Crippen LogP contribution >= 0.6 is 0 Å². The Balaban J connectivity index is 2.25. The third-order valence-electron chi connectivity index (χ3n) is 3.95. The lowest BCUT2D eigenvalue weighted by atomic mass is 10.1. The number of rotatable bonds is 5. The van der Waals surface area contributed by atoms with Crippen LogP contribution in [-0.4, -0.2) is 23.6 Å². The van der Waals surface area contributed by atoms with Crippen LogP contribution < -0.4 is 15.8 Å². The van der Waals surface area contributed by atoms with Crippen molar-refractivity contribution in [2.24, 2.45) is 7.05 Å². The van der Waals surface area contributed by atoms with Crippen molar-refractivity contribution in [3.8, 4) is 0 Å². The van der Waals surface area contributed by atoms with Crippen LogP contribution in [0.15, 0.2) is 41.3 Å². The molecule has 0 atom stereocenters. The molecule has 0 spiro atoms. The molecule has 2 aromatic rings. The molecule has 2 rings (SSSR count). The van der Waals surface area contributed by atoms with Gasteiger partial charge in [0.15, 0.2) is 0 Å². The molecule has 0 unspecified atom stereocenters. The van der Waals surface area contributed by atoms with Crippen LogP contribution in [-0.2, 0) is 7.05 Å². The van der Waals surface area contributed by atoms with E-state index < -0.39 is 0 Å². The van der Waals surface area contributed by atoms with Crippen LogP contribution in [0.2, 0.25) is 0 Å². The van der Waals surface area contributed by atoms with Crippen molar-refractivity contribution < 1.29 is 4.79 Å². The van der Waals surface area contributed by atoms with Gasteiger partial charge in [0.2, 0.25) is 0 Å². The minimum absolute atomic E-state index is 0.141. The van der Waals surface area contributed by atoms with Crippen LogP contribution in [0.3, 0.4) is 0 Å². The van der Waals surface area contributed by atoms with E-state index in [0.29, 0.717) is 0 Å². The molecule has 1 amide bonds. The van der Waals surface area contributed by atoms with Crippen molar-refractivity contribution in [1.82, 2.24) is 4.57 Å². The smallest absolute Gasteiger partial charge is 0.263 e. The Kier molecular flexibility index (Phi) is 5.21. The Hall–Kier alpha value is -2.56. The first-order valence-corrected chi connectivity index (χ1v) is 7.80. The van der Waals surface area contributed by atoms with Gasteiger partial charge in [-0.25, -0.2) is 0 Å². The molecule has 0 saturated carbocycles. The Morgan fingerprint density at radius 3 is 2.52 bits per heavy atom. The minimum Gasteiger partial charge on any atom is -0.372 e. The van der Waals surface area contributed by atoms with E-state index in [9.17, 15) is 9.59 Å². The molecule has 0 fully saturated rings. The molecular weight excluding hydrogens is 290 g/mol. The maximum atomic E-state index is 12.3. The molecule has 23 heavy (non-hydrogen) atoms. The van der Waals surface area contributed by atoms with E-state index in [-0.39, 0.29) is 17.0 Å². The first-order chi connectivity index (χ1) is 11.0. The normalized spacial score (nSPS) is 10.4. The van der Waals surface area contributed by atoms with Gasteiger partial charge in [-0.3, -0.25) is 9.59 Å². The van der Waals surface area contributed by atoms with Gasteiger partial charge in [-0.2, -0.15) is 0 Å². The zero-order valence-corrected chi connectivity index (χ0v) is 14.1. The van der Waals surface area contributed by atoms with Crippen LogP contribution in [0.5, 0.6) is 0 Å². The van der Waals surface area contributed by atoms with Gasteiger partial charge in [-0.1, -0.05) is 0 Å². The summed E-state index contributed by atoms with van der Waals surface area (Å²) in [7, 11) is 1.63. The van der Waals surface area contributed by atoms with Crippen molar-refractivity contribution in [2.45, 2.75) is 20.8 Å². The van der Waals surface area contributed by atoms with Crippen molar-refractivity contribution in [3.05, 3.63) is 58.0 Å². The zero-order valence-electron chi connectivity index (χ0n) is 14.1. The van der Waals surface area contributed by atoms with E-state index in [4.69, 9.17) is 0 Å². The van der Waals surface area contributed by atoms with Crippen molar-refractivity contribution in [3.63, 3.8) is 0 Å². The highest BCUT2D eigenvalue weighted by molar-refractivity contribution is 6.04. The van der Waals surface area contributed by atoms with Gasteiger partial charge >= 0.3 is 0 Å². The summed E-state index contributed by atoms with van der Waals surface area (Å²) in [5.41, 5.74) is 2.65. The van der Waals surface area contributed by atoms with Gasteiger partial charge in [0.25, 0.3) is 11.5 Å². The van der Waals surface area contributed by atoms with Gasteiger partial charge in [0, 0.05) is 37.7 Å². The Morgan fingerprint density at radius 1 is 1.22 bits per heavy atom. The number of benzene rings is 1. The maximum Gasteiger partial charge on any atom is 0.263 e. The molecular formula is C18H23N3O2. The van der Waals surface area contributed by atoms with E-state index in [1.54, 1.807) is 19.3 Å². The molecule has 1 heterocycles. The average Bonchev–Trinajstić information content (AvgIpc) is 2.53.